The minimum atomic E-state index is -0.486. The van der Waals surface area contributed by atoms with Crippen molar-refractivity contribution >= 4 is 27.7 Å². The van der Waals surface area contributed by atoms with Crippen molar-refractivity contribution in [3.8, 4) is 0 Å². The molecule has 2 rings (SSSR count). The zero-order chi connectivity index (χ0) is 11.4. The van der Waals surface area contributed by atoms with E-state index >= 15 is 0 Å². The lowest BCUT2D eigenvalue weighted by molar-refractivity contribution is 0.0675. The van der Waals surface area contributed by atoms with Crippen molar-refractivity contribution < 1.29 is 5.11 Å². The van der Waals surface area contributed by atoms with Crippen LogP contribution in [0.25, 0.3) is 0 Å². The molecule has 2 N–H and O–H groups in total. The number of nitrogens with one attached hydrogen (secondary N) is 1. The molecule has 4 heteroatoms. The summed E-state index contributed by atoms with van der Waals surface area (Å²) in [5.74, 6) is 1.94. The highest BCUT2D eigenvalue weighted by atomic mass is 79.9. The molecule has 1 aliphatic heterocycles. The summed E-state index contributed by atoms with van der Waals surface area (Å²) in [5.41, 5.74) is 0.762. The van der Waals surface area contributed by atoms with E-state index in [1.807, 2.05) is 23.9 Å². The number of benzene rings is 1. The lowest BCUT2D eigenvalue weighted by Crippen LogP contribution is -2.40. The van der Waals surface area contributed by atoms with E-state index in [1.165, 1.54) is 5.56 Å². The van der Waals surface area contributed by atoms with Gasteiger partial charge >= 0.3 is 0 Å². The molecule has 1 heterocycles. The maximum absolute atomic E-state index is 10.1. The molecule has 0 aromatic heterocycles. The Kier molecular flexibility index (Phi) is 4.30. The number of aliphatic hydroxyl groups is 1. The summed E-state index contributed by atoms with van der Waals surface area (Å²) in [6.07, 6.45) is 0.908. The van der Waals surface area contributed by atoms with Gasteiger partial charge in [0.05, 0.1) is 5.60 Å². The first kappa shape index (κ1) is 12.4. The maximum Gasteiger partial charge on any atom is 0.0869 e. The second-order valence-corrected chi connectivity index (χ2v) is 6.28. The second kappa shape index (κ2) is 5.54. The van der Waals surface area contributed by atoms with Gasteiger partial charge in [0.15, 0.2) is 0 Å². The highest BCUT2D eigenvalue weighted by Gasteiger charge is 2.30. The van der Waals surface area contributed by atoms with Gasteiger partial charge in [-0.2, -0.15) is 11.8 Å². The minimum absolute atomic E-state index is 0.486. The smallest absolute Gasteiger partial charge is 0.0869 e. The van der Waals surface area contributed by atoms with Crippen LogP contribution in [0.3, 0.4) is 0 Å². The Balaban J connectivity index is 1.77. The van der Waals surface area contributed by atoms with Crippen LogP contribution in [0.1, 0.15) is 12.0 Å². The average molecular weight is 302 g/mol. The van der Waals surface area contributed by atoms with Gasteiger partial charge in [-0.25, -0.2) is 0 Å². The van der Waals surface area contributed by atoms with Gasteiger partial charge < -0.3 is 10.4 Å². The fraction of sp³-hybridized carbons (Fsp3) is 0.500. The second-order valence-electron chi connectivity index (χ2n) is 4.26. The molecule has 1 aromatic carbocycles. The van der Waals surface area contributed by atoms with E-state index in [9.17, 15) is 5.11 Å². The summed E-state index contributed by atoms with van der Waals surface area (Å²) in [4.78, 5) is 0. The zero-order valence-electron chi connectivity index (χ0n) is 9.08. The highest BCUT2D eigenvalue weighted by molar-refractivity contribution is 9.10. The summed E-state index contributed by atoms with van der Waals surface area (Å²) in [6, 6.07) is 8.25. The van der Waals surface area contributed by atoms with Crippen molar-refractivity contribution in [1.82, 2.24) is 5.32 Å². The Morgan fingerprint density at radius 2 is 2.12 bits per heavy atom. The van der Waals surface area contributed by atoms with Crippen molar-refractivity contribution in [3.63, 3.8) is 0 Å². The third kappa shape index (κ3) is 3.48. The van der Waals surface area contributed by atoms with Crippen LogP contribution in [0.15, 0.2) is 28.7 Å². The molecule has 88 valence electrons. The average Bonchev–Trinajstić information content (AvgIpc) is 2.69. The fourth-order valence-electron chi connectivity index (χ4n) is 1.78. The standard InChI is InChI=1S/C12H16BrNOS/c13-11-3-1-10(2-4-11)7-14-8-12(15)5-6-16-9-12/h1-4,14-15H,5-9H2. The molecule has 0 amide bonds. The summed E-state index contributed by atoms with van der Waals surface area (Å²) >= 11 is 5.25. The van der Waals surface area contributed by atoms with Crippen molar-refractivity contribution in [3.05, 3.63) is 34.3 Å². The molecule has 1 unspecified atom stereocenters. The van der Waals surface area contributed by atoms with Gasteiger partial charge in [-0.05, 0) is 29.9 Å². The van der Waals surface area contributed by atoms with Gasteiger partial charge in [0.1, 0.15) is 0 Å². The van der Waals surface area contributed by atoms with Crippen LogP contribution >= 0.6 is 27.7 Å². The Morgan fingerprint density at radius 3 is 2.75 bits per heavy atom. The lowest BCUT2D eigenvalue weighted by atomic mass is 10.0. The van der Waals surface area contributed by atoms with E-state index in [0.717, 1.165) is 28.9 Å². The monoisotopic (exact) mass is 301 g/mol. The first-order chi connectivity index (χ1) is 7.68. The van der Waals surface area contributed by atoms with Crippen LogP contribution in [0, 0.1) is 0 Å². The third-order valence-electron chi connectivity index (χ3n) is 2.78. The highest BCUT2D eigenvalue weighted by Crippen LogP contribution is 2.27. The Hall–Kier alpha value is -0.0300. The molecular weight excluding hydrogens is 286 g/mol. The van der Waals surface area contributed by atoms with E-state index in [1.54, 1.807) is 0 Å². The van der Waals surface area contributed by atoms with Crippen LogP contribution in [0.5, 0.6) is 0 Å². The van der Waals surface area contributed by atoms with E-state index in [4.69, 9.17) is 0 Å². The molecule has 2 nitrogen and oxygen atoms in total. The van der Waals surface area contributed by atoms with Crippen LogP contribution < -0.4 is 5.32 Å². The molecule has 0 aliphatic carbocycles. The first-order valence-corrected chi connectivity index (χ1v) is 7.38. The van der Waals surface area contributed by atoms with Crippen LogP contribution in [-0.2, 0) is 6.54 Å². The van der Waals surface area contributed by atoms with Gasteiger partial charge in [-0.15, -0.1) is 0 Å². The maximum atomic E-state index is 10.1. The van der Waals surface area contributed by atoms with Gasteiger partial charge in [0.2, 0.25) is 0 Å². The van der Waals surface area contributed by atoms with Crippen molar-refractivity contribution in [2.24, 2.45) is 0 Å². The van der Waals surface area contributed by atoms with E-state index in [0.29, 0.717) is 6.54 Å². The van der Waals surface area contributed by atoms with Crippen molar-refractivity contribution in [2.45, 2.75) is 18.6 Å². The van der Waals surface area contributed by atoms with Crippen LogP contribution in [0.4, 0.5) is 0 Å². The molecular formula is C12H16BrNOS. The number of hydrogen-bond acceptors (Lipinski definition) is 3. The molecule has 1 saturated heterocycles. The number of halogens is 1. The molecule has 1 fully saturated rings. The van der Waals surface area contributed by atoms with Gasteiger partial charge in [0.25, 0.3) is 0 Å². The minimum Gasteiger partial charge on any atom is -0.388 e. The SMILES string of the molecule is OC1(CNCc2ccc(Br)cc2)CCSC1. The first-order valence-electron chi connectivity index (χ1n) is 5.43. The largest absolute Gasteiger partial charge is 0.388 e. The molecule has 0 spiro atoms. The fourth-order valence-corrected chi connectivity index (χ4v) is 3.34. The molecule has 0 saturated carbocycles. The Labute approximate surface area is 109 Å². The molecule has 0 radical (unpaired) electrons. The van der Waals surface area contributed by atoms with Crippen LogP contribution in [0.2, 0.25) is 0 Å². The van der Waals surface area contributed by atoms with Gasteiger partial charge in [0, 0.05) is 23.3 Å². The Bertz CT molecular complexity index is 335. The topological polar surface area (TPSA) is 32.3 Å². The van der Waals surface area contributed by atoms with Crippen molar-refractivity contribution in [2.75, 3.05) is 18.1 Å². The molecule has 1 aliphatic rings. The number of hydrogen-bond donors (Lipinski definition) is 2. The summed E-state index contributed by atoms with van der Waals surface area (Å²) in [5, 5.41) is 13.4. The zero-order valence-corrected chi connectivity index (χ0v) is 11.5. The number of rotatable bonds is 4. The quantitative estimate of drug-likeness (QED) is 0.896. The molecule has 0 bridgehead atoms. The predicted molar refractivity (Wildman–Crippen MR) is 72.7 cm³/mol. The summed E-state index contributed by atoms with van der Waals surface area (Å²) in [7, 11) is 0. The van der Waals surface area contributed by atoms with Gasteiger partial charge in [-0.1, -0.05) is 28.1 Å². The normalized spacial score (nSPS) is 24.9. The van der Waals surface area contributed by atoms with Gasteiger partial charge in [-0.3, -0.25) is 0 Å². The predicted octanol–water partition coefficient (Wildman–Crippen LogP) is 2.41. The molecule has 1 atom stereocenters. The summed E-state index contributed by atoms with van der Waals surface area (Å²) in [6.45, 7) is 1.51. The van der Waals surface area contributed by atoms with E-state index in [2.05, 4.69) is 33.4 Å². The van der Waals surface area contributed by atoms with Crippen molar-refractivity contribution in [1.29, 1.82) is 0 Å². The van der Waals surface area contributed by atoms with E-state index in [-0.39, 0.29) is 0 Å². The molecule has 16 heavy (non-hydrogen) atoms. The lowest BCUT2D eigenvalue weighted by Gasteiger charge is -2.21. The molecule has 1 aromatic rings. The Morgan fingerprint density at radius 1 is 1.38 bits per heavy atom. The summed E-state index contributed by atoms with van der Waals surface area (Å²) < 4.78 is 1.10. The van der Waals surface area contributed by atoms with Crippen LogP contribution in [-0.4, -0.2) is 28.8 Å². The van der Waals surface area contributed by atoms with E-state index < -0.39 is 5.60 Å². The third-order valence-corrected chi connectivity index (χ3v) is 4.54. The number of thioether (sulfide) groups is 1.